The van der Waals surface area contributed by atoms with E-state index in [1.54, 1.807) is 11.3 Å². The second-order valence-electron chi connectivity index (χ2n) is 1.49. The van der Waals surface area contributed by atoms with Crippen molar-refractivity contribution in [2.45, 2.75) is 0 Å². The van der Waals surface area contributed by atoms with Crippen LogP contribution < -0.4 is 56.5 Å². The smallest absolute Gasteiger partial charge is 0.878 e. The Balaban J connectivity index is 0.000000810. The van der Waals surface area contributed by atoms with Gasteiger partial charge in [-0.3, -0.25) is 0 Å². The van der Waals surface area contributed by atoms with Crippen molar-refractivity contribution >= 4 is 33.3 Å². The summed E-state index contributed by atoms with van der Waals surface area (Å²) in [4.78, 5) is 0. The Morgan fingerprint density at radius 3 is 2.70 bits per heavy atom. The normalized spacial score (nSPS) is 9.70. The summed E-state index contributed by atoms with van der Waals surface area (Å²) in [6.45, 7) is 0. The largest absolute Gasteiger partial charge is 1.00 e. The van der Waals surface area contributed by atoms with Crippen molar-refractivity contribution in [1.82, 2.24) is 0 Å². The molecule has 48 valence electrons. The van der Waals surface area contributed by atoms with Crippen LogP contribution in [-0.4, -0.2) is 0 Å². The molecule has 1 aromatic rings. The standard InChI is InChI=1S/C6H5BrOS.K/c7-6-3-5(1-2-8)4-9-6;/h1-4,8H;/q;+1/p-1/b2-1+;. The van der Waals surface area contributed by atoms with Crippen molar-refractivity contribution in [1.29, 1.82) is 0 Å². The van der Waals surface area contributed by atoms with Gasteiger partial charge in [0.1, 0.15) is 0 Å². The van der Waals surface area contributed by atoms with Crippen LogP contribution in [0.3, 0.4) is 0 Å². The molecule has 0 aliphatic heterocycles. The molecule has 4 heteroatoms. The van der Waals surface area contributed by atoms with Gasteiger partial charge in [-0.1, -0.05) is 6.08 Å². The van der Waals surface area contributed by atoms with Crippen LogP contribution in [-0.2, 0) is 0 Å². The zero-order valence-corrected chi connectivity index (χ0v) is 11.0. The van der Waals surface area contributed by atoms with E-state index in [0.29, 0.717) is 0 Å². The fraction of sp³-hybridized carbons (Fsp3) is 0. The third kappa shape index (κ3) is 3.66. The molecule has 1 heterocycles. The number of hydrogen-bond donors (Lipinski definition) is 0. The monoisotopic (exact) mass is 242 g/mol. The summed E-state index contributed by atoms with van der Waals surface area (Å²) in [5.74, 6) is 0. The van der Waals surface area contributed by atoms with E-state index >= 15 is 0 Å². The number of hydrogen-bond acceptors (Lipinski definition) is 2. The second-order valence-corrected chi connectivity index (χ2v) is 3.78. The Bertz CT molecular complexity index is 221. The zero-order chi connectivity index (χ0) is 6.69. The molecule has 0 spiro atoms. The Morgan fingerprint density at radius 2 is 2.30 bits per heavy atom. The molecule has 0 aromatic carbocycles. The molecule has 10 heavy (non-hydrogen) atoms. The zero-order valence-electron chi connectivity index (χ0n) is 5.50. The second kappa shape index (κ2) is 5.94. The minimum Gasteiger partial charge on any atom is -0.878 e. The van der Waals surface area contributed by atoms with Gasteiger partial charge in [0, 0.05) is 0 Å². The van der Waals surface area contributed by atoms with Gasteiger partial charge in [0.2, 0.25) is 0 Å². The number of thiophene rings is 1. The van der Waals surface area contributed by atoms with Crippen LogP contribution in [0.1, 0.15) is 5.56 Å². The summed E-state index contributed by atoms with van der Waals surface area (Å²) in [6, 6.07) is 1.90. The maximum absolute atomic E-state index is 9.92. The third-order valence-electron chi connectivity index (χ3n) is 0.848. The summed E-state index contributed by atoms with van der Waals surface area (Å²) in [6.07, 6.45) is 2.32. The van der Waals surface area contributed by atoms with Crippen molar-refractivity contribution in [3.63, 3.8) is 0 Å². The maximum Gasteiger partial charge on any atom is 1.00 e. The third-order valence-corrected chi connectivity index (χ3v) is 2.37. The molecule has 0 unspecified atom stereocenters. The first kappa shape index (κ1) is 11.4. The summed E-state index contributed by atoms with van der Waals surface area (Å²) in [7, 11) is 0. The Hall–Kier alpha value is 1.36. The molecule has 1 nitrogen and oxygen atoms in total. The fourth-order valence-electron chi connectivity index (χ4n) is 0.489. The first-order valence-electron chi connectivity index (χ1n) is 2.35. The summed E-state index contributed by atoms with van der Waals surface area (Å²) >= 11 is 4.86. The molecule has 1 aromatic heterocycles. The van der Waals surface area contributed by atoms with Gasteiger partial charge in [-0.15, -0.1) is 17.6 Å². The molecule has 1 rings (SSSR count). The van der Waals surface area contributed by atoms with E-state index in [2.05, 4.69) is 15.9 Å². The molecule has 0 radical (unpaired) electrons. The molecular weight excluding hydrogens is 239 g/mol. The van der Waals surface area contributed by atoms with Crippen LogP contribution in [0.25, 0.3) is 6.08 Å². The fourth-order valence-corrected chi connectivity index (χ4v) is 1.63. The molecular formula is C6H4BrKOS. The molecule has 0 saturated carbocycles. The van der Waals surface area contributed by atoms with Crippen molar-refractivity contribution < 1.29 is 56.5 Å². The van der Waals surface area contributed by atoms with Gasteiger partial charge < -0.3 is 5.11 Å². The SMILES string of the molecule is [K+].[O-]/C=C/c1csc(Br)c1. The summed E-state index contributed by atoms with van der Waals surface area (Å²) in [5, 5.41) is 11.8. The van der Waals surface area contributed by atoms with Gasteiger partial charge >= 0.3 is 51.4 Å². The number of halogens is 1. The molecule has 0 atom stereocenters. The van der Waals surface area contributed by atoms with Crippen LogP contribution in [0.2, 0.25) is 0 Å². The minimum absolute atomic E-state index is 0. The van der Waals surface area contributed by atoms with Gasteiger partial charge in [0.05, 0.1) is 3.79 Å². The van der Waals surface area contributed by atoms with Crippen molar-refractivity contribution in [2.24, 2.45) is 0 Å². The average molecular weight is 243 g/mol. The van der Waals surface area contributed by atoms with Gasteiger partial charge in [-0.25, -0.2) is 0 Å². The van der Waals surface area contributed by atoms with E-state index in [9.17, 15) is 5.11 Å². The van der Waals surface area contributed by atoms with E-state index in [1.165, 1.54) is 6.08 Å². The van der Waals surface area contributed by atoms with Gasteiger partial charge in [-0.2, -0.15) is 0 Å². The van der Waals surface area contributed by atoms with Crippen LogP contribution >= 0.6 is 27.3 Å². The van der Waals surface area contributed by atoms with E-state index < -0.39 is 0 Å². The summed E-state index contributed by atoms with van der Waals surface area (Å²) < 4.78 is 1.05. The first-order chi connectivity index (χ1) is 4.33. The predicted molar refractivity (Wildman–Crippen MR) is 41.1 cm³/mol. The van der Waals surface area contributed by atoms with E-state index in [-0.39, 0.29) is 51.4 Å². The molecule has 0 aliphatic carbocycles. The average Bonchev–Trinajstić information content (AvgIpc) is 2.17. The quantitative estimate of drug-likeness (QED) is 0.451. The first-order valence-corrected chi connectivity index (χ1v) is 4.03. The Kier molecular flexibility index (Phi) is 6.74. The molecule has 0 aliphatic rings. The minimum atomic E-state index is 0. The van der Waals surface area contributed by atoms with E-state index in [4.69, 9.17) is 0 Å². The van der Waals surface area contributed by atoms with Crippen LogP contribution in [0.4, 0.5) is 0 Å². The van der Waals surface area contributed by atoms with Crippen LogP contribution in [0.5, 0.6) is 0 Å². The Morgan fingerprint density at radius 1 is 1.60 bits per heavy atom. The van der Waals surface area contributed by atoms with Crippen molar-refractivity contribution in [3.05, 3.63) is 27.1 Å². The Labute approximate surface area is 115 Å². The maximum atomic E-state index is 9.92. The molecule has 0 amide bonds. The molecule has 0 fully saturated rings. The topological polar surface area (TPSA) is 23.1 Å². The van der Waals surface area contributed by atoms with Gasteiger partial charge in [0.15, 0.2) is 0 Å². The van der Waals surface area contributed by atoms with Gasteiger partial charge in [-0.05, 0) is 32.9 Å². The molecule has 0 saturated heterocycles. The number of rotatable bonds is 1. The van der Waals surface area contributed by atoms with Gasteiger partial charge in [0.25, 0.3) is 0 Å². The molecule has 0 N–H and O–H groups in total. The van der Waals surface area contributed by atoms with E-state index in [1.807, 2.05) is 11.4 Å². The van der Waals surface area contributed by atoms with Crippen LogP contribution in [0.15, 0.2) is 21.5 Å². The molecule has 0 bridgehead atoms. The predicted octanol–water partition coefficient (Wildman–Crippen LogP) is -1.15. The van der Waals surface area contributed by atoms with Crippen LogP contribution in [0, 0.1) is 0 Å². The summed E-state index contributed by atoms with van der Waals surface area (Å²) in [5.41, 5.74) is 0.960. The van der Waals surface area contributed by atoms with Crippen molar-refractivity contribution in [3.8, 4) is 0 Å². The van der Waals surface area contributed by atoms with Crippen molar-refractivity contribution in [2.75, 3.05) is 0 Å². The van der Waals surface area contributed by atoms with E-state index in [0.717, 1.165) is 15.6 Å².